The Hall–Kier alpha value is -1.91. The van der Waals surface area contributed by atoms with Crippen molar-refractivity contribution in [2.75, 3.05) is 33.0 Å². The first-order chi connectivity index (χ1) is 44.1. The van der Waals surface area contributed by atoms with E-state index in [0.29, 0.717) is 38.5 Å². The first-order valence-electron chi connectivity index (χ1n) is 33.5. The number of fused-ring (bicyclic) bond motifs is 7. The van der Waals surface area contributed by atoms with Gasteiger partial charge in [0, 0.05) is 0 Å². The van der Waals surface area contributed by atoms with Crippen LogP contribution in [0.25, 0.3) is 0 Å². The van der Waals surface area contributed by atoms with E-state index in [-0.39, 0.29) is 46.0 Å². The normalized spacial score (nSPS) is 54.2. The fraction of sp³-hybridized carbons (Fsp3) is 0.953. The van der Waals surface area contributed by atoms with E-state index in [4.69, 9.17) is 56.8 Å². The molecule has 0 bridgehead atoms. The molecule has 30 heteroatoms. The van der Waals surface area contributed by atoms with Gasteiger partial charge in [0.05, 0.1) is 50.7 Å². The molecule has 94 heavy (non-hydrogen) atoms. The number of esters is 1. The maximum absolute atomic E-state index is 15.2. The van der Waals surface area contributed by atoms with Crippen LogP contribution in [0.3, 0.4) is 0 Å². The fourth-order valence-electron chi connectivity index (χ4n) is 18.7. The summed E-state index contributed by atoms with van der Waals surface area (Å²) in [5.74, 6) is -0.590. The number of carbonyl (C=O) groups is 1. The fourth-order valence-corrected chi connectivity index (χ4v) is 18.7. The third kappa shape index (κ3) is 12.6. The second-order valence-corrected chi connectivity index (χ2v) is 31.0. The highest BCUT2D eigenvalue weighted by molar-refractivity contribution is 5.79. The Kier molecular flexibility index (Phi) is 21.4. The van der Waals surface area contributed by atoms with Crippen molar-refractivity contribution in [2.24, 2.45) is 50.2 Å². The molecule has 540 valence electrons. The van der Waals surface area contributed by atoms with Crippen molar-refractivity contribution in [1.82, 2.24) is 0 Å². The van der Waals surface area contributed by atoms with Gasteiger partial charge in [0.25, 0.3) is 0 Å². The SMILES string of the molecule is C[C@@H]1O[C@@H](O[C@H]2[C@H](O[C@H]3CC[C@]4(C)[C@H]5CC=C6[C@@H]7CC(C)(C)CC[C@]7(C(=O)O[C@@H]7O[C@H](CO[C@@H]8O[C@H](CO)[C@@H](O)[C@H](O)[C@H]8O)[C@@H](O)[C@H](O)[C@H]7O)CC[C@@]6(C)[C@]5(C)CC[C@H]4C3(C)C)OC[C@@H](O)[C@@H]2O)[C@H](O)[C@H](O[C@@H]2OC[C@@H](O[C@@H]3O[C@H](CO)[C@@H](O)[C@H](O)[C@H]3O)[C@H](O)[C@H]2O)[C@H]1O. The summed E-state index contributed by atoms with van der Waals surface area (Å²) >= 11 is 0. The van der Waals surface area contributed by atoms with Crippen LogP contribution < -0.4 is 0 Å². The van der Waals surface area contributed by atoms with Gasteiger partial charge in [-0.15, -0.1) is 0 Å². The average molecular weight is 1350 g/mol. The molecule has 0 aromatic heterocycles. The smallest absolute Gasteiger partial charge is 0.315 e. The summed E-state index contributed by atoms with van der Waals surface area (Å²) in [5, 5.41) is 183. The number of allylic oxidation sites excluding steroid dienone is 2. The molecule has 17 N–H and O–H groups in total. The molecule has 0 aromatic carbocycles. The number of ether oxygens (including phenoxy) is 12. The monoisotopic (exact) mass is 1350 g/mol. The second-order valence-electron chi connectivity index (χ2n) is 31.0. The Morgan fingerprint density at radius 3 is 1.73 bits per heavy atom. The topological polar surface area (TPSA) is 472 Å². The maximum atomic E-state index is 15.2. The lowest BCUT2D eigenvalue weighted by atomic mass is 9.33. The molecule has 6 heterocycles. The van der Waals surface area contributed by atoms with Crippen molar-refractivity contribution in [3.63, 3.8) is 0 Å². The molecule has 0 unspecified atom stereocenters. The molecule has 0 aromatic rings. The van der Waals surface area contributed by atoms with Gasteiger partial charge in [-0.25, -0.2) is 0 Å². The van der Waals surface area contributed by atoms with Crippen LogP contribution in [0.1, 0.15) is 120 Å². The van der Waals surface area contributed by atoms with Gasteiger partial charge in [-0.2, -0.15) is 0 Å². The number of rotatable bonds is 15. The van der Waals surface area contributed by atoms with Gasteiger partial charge in [-0.05, 0) is 116 Å². The van der Waals surface area contributed by atoms with Gasteiger partial charge in [-0.1, -0.05) is 60.1 Å². The van der Waals surface area contributed by atoms with Gasteiger partial charge < -0.3 is 144 Å². The van der Waals surface area contributed by atoms with Crippen molar-refractivity contribution in [3.8, 4) is 0 Å². The minimum absolute atomic E-state index is 0.0940. The zero-order chi connectivity index (χ0) is 68.4. The van der Waals surface area contributed by atoms with Crippen LogP contribution in [-0.4, -0.2) is 304 Å². The molecule has 5 aliphatic carbocycles. The molecular weight excluding hydrogens is 1250 g/mol. The van der Waals surface area contributed by atoms with Gasteiger partial charge in [0.2, 0.25) is 6.29 Å². The minimum Gasteiger partial charge on any atom is -0.432 e. The standard InChI is InChI=1S/C64H104O30/c1-25-36(68)50(92-53-45(77)41(73)32(24-85-53)89-54-47(79)43(75)39(71)30(21-66)88-54)49(81)56(86-25)93-51-37(69)28(67)22-83-57(51)91-35-12-13-61(6)33(60(35,4)5)11-14-63(8)34(61)10-9-26-27-19-59(2,3)15-17-64(27,18-16-62(26,63)7)58(82)94-55-48(80)44(76)40(72)31(90-55)23-84-52-46(78)42(74)38(70)29(20-65)87-52/h9,25,27-57,65-81H,10-24H2,1-8H3/t25-,27-,28+,29+,30+,31+,32+,33-,34+,35-,36-,37-,38+,39+,40+,41-,42-,43-,44-,45+,46+,47+,48+,49+,50+,51+,52+,53-,54-,55-,56-,57-,61-,62+,63+,64-/m0/s1. The van der Waals surface area contributed by atoms with Gasteiger partial charge >= 0.3 is 5.97 Å². The van der Waals surface area contributed by atoms with Gasteiger partial charge in [0.1, 0.15) is 128 Å². The Balaban J connectivity index is 0.756. The van der Waals surface area contributed by atoms with Crippen LogP contribution in [0, 0.1) is 50.2 Å². The molecule has 10 fully saturated rings. The van der Waals surface area contributed by atoms with Crippen LogP contribution >= 0.6 is 0 Å². The van der Waals surface area contributed by atoms with E-state index in [2.05, 4.69) is 54.5 Å². The summed E-state index contributed by atoms with van der Waals surface area (Å²) in [5.41, 5.74) is -1.40. The van der Waals surface area contributed by atoms with Crippen molar-refractivity contribution in [2.45, 2.75) is 298 Å². The van der Waals surface area contributed by atoms with E-state index in [0.717, 1.165) is 25.7 Å². The van der Waals surface area contributed by atoms with E-state index >= 15 is 4.79 Å². The van der Waals surface area contributed by atoms with Crippen LogP contribution in [0.2, 0.25) is 0 Å². The Morgan fingerprint density at radius 2 is 1.07 bits per heavy atom. The zero-order valence-electron chi connectivity index (χ0n) is 54.6. The van der Waals surface area contributed by atoms with Crippen molar-refractivity contribution < 1.29 is 148 Å². The molecular formula is C64H104O30. The number of hydrogen-bond donors (Lipinski definition) is 17. The molecule has 11 aliphatic rings. The zero-order valence-corrected chi connectivity index (χ0v) is 54.6. The predicted molar refractivity (Wildman–Crippen MR) is 315 cm³/mol. The summed E-state index contributed by atoms with van der Waals surface area (Å²) < 4.78 is 71.3. The lowest BCUT2D eigenvalue weighted by Crippen LogP contribution is -2.66. The van der Waals surface area contributed by atoms with Crippen LogP contribution in [0.15, 0.2) is 11.6 Å². The highest BCUT2D eigenvalue weighted by Crippen LogP contribution is 2.76. The number of carbonyl (C=O) groups excluding carboxylic acids is 1. The molecule has 0 amide bonds. The van der Waals surface area contributed by atoms with Crippen molar-refractivity contribution >= 4 is 5.97 Å². The molecule has 0 radical (unpaired) electrons. The average Bonchev–Trinajstić information content (AvgIpc) is 0.676. The number of aliphatic hydroxyl groups is 17. The summed E-state index contributed by atoms with van der Waals surface area (Å²) in [6, 6.07) is 0. The van der Waals surface area contributed by atoms with E-state index in [1.54, 1.807) is 0 Å². The molecule has 30 nitrogen and oxygen atoms in total. The molecule has 6 aliphatic heterocycles. The van der Waals surface area contributed by atoms with E-state index in [1.165, 1.54) is 12.5 Å². The Labute approximate surface area is 545 Å². The minimum atomic E-state index is -1.91. The lowest BCUT2D eigenvalue weighted by molar-refractivity contribution is -0.382. The van der Waals surface area contributed by atoms with Crippen LogP contribution in [-0.2, 0) is 61.6 Å². The van der Waals surface area contributed by atoms with E-state index in [9.17, 15) is 86.8 Å². The summed E-state index contributed by atoms with van der Waals surface area (Å²) in [6.45, 7) is 14.5. The van der Waals surface area contributed by atoms with Crippen molar-refractivity contribution in [3.05, 3.63) is 11.6 Å². The quantitative estimate of drug-likeness (QED) is 0.0421. The maximum Gasteiger partial charge on any atom is 0.315 e. The second kappa shape index (κ2) is 27.5. The molecule has 11 rings (SSSR count). The molecule has 0 spiro atoms. The Morgan fingerprint density at radius 1 is 0.511 bits per heavy atom. The van der Waals surface area contributed by atoms with Gasteiger partial charge in [-0.3, -0.25) is 4.79 Å². The molecule has 4 saturated carbocycles. The first-order valence-corrected chi connectivity index (χ1v) is 33.5. The predicted octanol–water partition coefficient (Wildman–Crippen LogP) is -4.08. The Bertz CT molecular complexity index is 2640. The first kappa shape index (κ1) is 73.3. The summed E-state index contributed by atoms with van der Waals surface area (Å²) in [7, 11) is 0. The highest BCUT2D eigenvalue weighted by Gasteiger charge is 2.70. The van der Waals surface area contributed by atoms with E-state index < -0.39 is 221 Å². The van der Waals surface area contributed by atoms with Crippen LogP contribution in [0.4, 0.5) is 0 Å². The third-order valence-electron chi connectivity index (χ3n) is 24.8. The van der Waals surface area contributed by atoms with E-state index in [1.807, 2.05) is 0 Å². The summed E-state index contributed by atoms with van der Waals surface area (Å²) in [6.07, 6.45) is -37.0. The van der Waals surface area contributed by atoms with Gasteiger partial charge in [0.15, 0.2) is 31.5 Å². The molecule has 6 saturated heterocycles. The third-order valence-corrected chi connectivity index (χ3v) is 24.8. The largest absolute Gasteiger partial charge is 0.432 e. The highest BCUT2D eigenvalue weighted by atomic mass is 16.8. The summed E-state index contributed by atoms with van der Waals surface area (Å²) in [4.78, 5) is 15.2. The molecule has 36 atom stereocenters. The number of hydrogen-bond acceptors (Lipinski definition) is 30. The van der Waals surface area contributed by atoms with Crippen LogP contribution in [0.5, 0.6) is 0 Å². The number of aliphatic hydroxyl groups excluding tert-OH is 17. The van der Waals surface area contributed by atoms with Crippen molar-refractivity contribution in [1.29, 1.82) is 0 Å². The lowest BCUT2D eigenvalue weighted by Gasteiger charge is -2.71.